The minimum atomic E-state index is -0.0923. The highest BCUT2D eigenvalue weighted by atomic mass is 16.1. The molecule has 1 amide bonds. The Morgan fingerprint density at radius 1 is 1.08 bits per heavy atom. The molecule has 0 bridgehead atoms. The molecule has 0 saturated carbocycles. The maximum Gasteiger partial charge on any atom is 0.230 e. The van der Waals surface area contributed by atoms with E-state index in [4.69, 9.17) is 0 Å². The van der Waals surface area contributed by atoms with E-state index in [1.165, 1.54) is 5.56 Å². The Kier molecular flexibility index (Phi) is 5.21. The molecular formula is C20H25N5O. The standard InChI is InChI=1S/C20H25N5O/c1-20(2,3)15-24-10-9-18(23-24)22-19(26)11-17-12-21-25(14-17)13-16-7-5-4-6-8-16/h4-10,12,14H,11,13,15H2,1-3H3,(H,22,23,26). The van der Waals surface area contributed by atoms with Gasteiger partial charge in [0, 0.05) is 25.0 Å². The van der Waals surface area contributed by atoms with Gasteiger partial charge < -0.3 is 5.32 Å². The van der Waals surface area contributed by atoms with Gasteiger partial charge in [-0.1, -0.05) is 51.1 Å². The smallest absolute Gasteiger partial charge is 0.230 e. The number of hydrogen-bond donors (Lipinski definition) is 1. The van der Waals surface area contributed by atoms with Gasteiger partial charge in [0.15, 0.2) is 5.82 Å². The molecule has 6 nitrogen and oxygen atoms in total. The van der Waals surface area contributed by atoms with Crippen LogP contribution in [0.2, 0.25) is 0 Å². The van der Waals surface area contributed by atoms with Crippen LogP contribution >= 0.6 is 0 Å². The van der Waals surface area contributed by atoms with Gasteiger partial charge >= 0.3 is 0 Å². The molecule has 0 saturated heterocycles. The van der Waals surface area contributed by atoms with E-state index in [1.807, 2.05) is 46.0 Å². The van der Waals surface area contributed by atoms with Crippen LogP contribution in [0, 0.1) is 5.41 Å². The third-order valence-corrected chi connectivity index (χ3v) is 3.78. The number of nitrogens with one attached hydrogen (secondary N) is 1. The number of anilines is 1. The zero-order valence-electron chi connectivity index (χ0n) is 15.5. The molecule has 2 aromatic heterocycles. The molecule has 3 aromatic rings. The van der Waals surface area contributed by atoms with Gasteiger partial charge in [-0.25, -0.2) is 0 Å². The van der Waals surface area contributed by atoms with Gasteiger partial charge in [0.2, 0.25) is 5.91 Å². The lowest BCUT2D eigenvalue weighted by Gasteiger charge is -2.17. The van der Waals surface area contributed by atoms with Crippen molar-refractivity contribution >= 4 is 11.7 Å². The summed E-state index contributed by atoms with van der Waals surface area (Å²) in [5.41, 5.74) is 2.20. The number of benzene rings is 1. The van der Waals surface area contributed by atoms with E-state index >= 15 is 0 Å². The van der Waals surface area contributed by atoms with E-state index in [0.29, 0.717) is 12.4 Å². The number of carbonyl (C=O) groups is 1. The van der Waals surface area contributed by atoms with Gasteiger partial charge in [0.1, 0.15) is 0 Å². The van der Waals surface area contributed by atoms with E-state index in [1.54, 1.807) is 6.20 Å². The van der Waals surface area contributed by atoms with Crippen LogP contribution in [0.5, 0.6) is 0 Å². The Balaban J connectivity index is 1.54. The summed E-state index contributed by atoms with van der Waals surface area (Å²) < 4.78 is 3.70. The first kappa shape index (κ1) is 17.9. The largest absolute Gasteiger partial charge is 0.309 e. The van der Waals surface area contributed by atoms with E-state index in [-0.39, 0.29) is 17.7 Å². The molecule has 0 aliphatic carbocycles. The molecule has 0 fully saturated rings. The fourth-order valence-electron chi connectivity index (χ4n) is 2.73. The Labute approximate surface area is 153 Å². The molecule has 0 spiro atoms. The van der Waals surface area contributed by atoms with Crippen LogP contribution in [-0.4, -0.2) is 25.5 Å². The topological polar surface area (TPSA) is 64.7 Å². The van der Waals surface area contributed by atoms with Crippen molar-refractivity contribution in [3.8, 4) is 0 Å². The lowest BCUT2D eigenvalue weighted by molar-refractivity contribution is -0.115. The fourth-order valence-corrected chi connectivity index (χ4v) is 2.73. The minimum Gasteiger partial charge on any atom is -0.309 e. The predicted octanol–water partition coefficient (Wildman–Crippen LogP) is 3.36. The van der Waals surface area contributed by atoms with Gasteiger partial charge in [-0.05, 0) is 16.5 Å². The Morgan fingerprint density at radius 3 is 2.58 bits per heavy atom. The number of hydrogen-bond acceptors (Lipinski definition) is 3. The van der Waals surface area contributed by atoms with Crippen molar-refractivity contribution in [3.05, 3.63) is 66.1 Å². The van der Waals surface area contributed by atoms with Crippen LogP contribution in [0.3, 0.4) is 0 Å². The Morgan fingerprint density at radius 2 is 1.85 bits per heavy atom. The first-order valence-electron chi connectivity index (χ1n) is 8.76. The highest BCUT2D eigenvalue weighted by Gasteiger charge is 2.13. The molecule has 0 radical (unpaired) electrons. The number of carbonyl (C=O) groups excluding carboxylic acids is 1. The molecule has 0 unspecified atom stereocenters. The quantitative estimate of drug-likeness (QED) is 0.741. The number of amides is 1. The van der Waals surface area contributed by atoms with E-state index in [9.17, 15) is 4.79 Å². The zero-order valence-corrected chi connectivity index (χ0v) is 15.5. The second-order valence-corrected chi connectivity index (χ2v) is 7.72. The van der Waals surface area contributed by atoms with Crippen molar-refractivity contribution in [2.75, 3.05) is 5.32 Å². The fraction of sp³-hybridized carbons (Fsp3) is 0.350. The van der Waals surface area contributed by atoms with Crippen LogP contribution in [0.25, 0.3) is 0 Å². The van der Waals surface area contributed by atoms with Gasteiger partial charge in [-0.2, -0.15) is 10.2 Å². The van der Waals surface area contributed by atoms with E-state index < -0.39 is 0 Å². The van der Waals surface area contributed by atoms with E-state index in [2.05, 4.69) is 48.4 Å². The zero-order chi connectivity index (χ0) is 18.6. The summed E-state index contributed by atoms with van der Waals surface area (Å²) in [6.07, 6.45) is 5.81. The van der Waals surface area contributed by atoms with Gasteiger partial charge in [0.25, 0.3) is 0 Å². The van der Waals surface area contributed by atoms with Crippen LogP contribution in [0.1, 0.15) is 31.9 Å². The molecule has 1 aromatic carbocycles. The predicted molar refractivity (Wildman–Crippen MR) is 102 cm³/mol. The SMILES string of the molecule is CC(C)(C)Cn1ccc(NC(=O)Cc2cnn(Cc3ccccc3)c2)n1. The van der Waals surface area contributed by atoms with Crippen LogP contribution in [0.15, 0.2) is 55.0 Å². The summed E-state index contributed by atoms with van der Waals surface area (Å²) in [5, 5.41) is 11.6. The van der Waals surface area contributed by atoms with Crippen molar-refractivity contribution in [3.63, 3.8) is 0 Å². The van der Waals surface area contributed by atoms with Gasteiger partial charge in [-0.15, -0.1) is 0 Å². The molecule has 1 N–H and O–H groups in total. The number of aromatic nitrogens is 4. The number of rotatable bonds is 6. The first-order chi connectivity index (χ1) is 12.4. The first-order valence-corrected chi connectivity index (χ1v) is 8.76. The van der Waals surface area contributed by atoms with Crippen molar-refractivity contribution < 1.29 is 4.79 Å². The third kappa shape index (κ3) is 5.31. The summed E-state index contributed by atoms with van der Waals surface area (Å²) in [4.78, 5) is 12.2. The average Bonchev–Trinajstić information content (AvgIpc) is 3.16. The molecule has 0 atom stereocenters. The molecule has 0 aliphatic heterocycles. The lowest BCUT2D eigenvalue weighted by Crippen LogP contribution is -2.17. The maximum absolute atomic E-state index is 12.2. The van der Waals surface area contributed by atoms with Crippen LogP contribution in [0.4, 0.5) is 5.82 Å². The van der Waals surface area contributed by atoms with Crippen molar-refractivity contribution in [1.29, 1.82) is 0 Å². The maximum atomic E-state index is 12.2. The minimum absolute atomic E-state index is 0.0923. The molecule has 2 heterocycles. The van der Waals surface area contributed by atoms with Gasteiger partial charge in [0.05, 0.1) is 19.2 Å². The lowest BCUT2D eigenvalue weighted by atomic mass is 9.97. The molecule has 3 rings (SSSR count). The Bertz CT molecular complexity index is 858. The van der Waals surface area contributed by atoms with E-state index in [0.717, 1.165) is 12.1 Å². The summed E-state index contributed by atoms with van der Waals surface area (Å²) in [7, 11) is 0. The summed E-state index contributed by atoms with van der Waals surface area (Å²) in [6.45, 7) is 7.95. The second kappa shape index (κ2) is 7.56. The monoisotopic (exact) mass is 351 g/mol. The molecule has 6 heteroatoms. The highest BCUT2D eigenvalue weighted by molar-refractivity contribution is 5.91. The van der Waals surface area contributed by atoms with Crippen LogP contribution < -0.4 is 5.32 Å². The molecule has 136 valence electrons. The van der Waals surface area contributed by atoms with Crippen molar-refractivity contribution in [2.45, 2.75) is 40.3 Å². The summed E-state index contributed by atoms with van der Waals surface area (Å²) in [5.74, 6) is 0.487. The molecular weight excluding hydrogens is 326 g/mol. The van der Waals surface area contributed by atoms with Gasteiger partial charge in [-0.3, -0.25) is 14.2 Å². The summed E-state index contributed by atoms with van der Waals surface area (Å²) in [6, 6.07) is 11.9. The Hall–Kier alpha value is -2.89. The van der Waals surface area contributed by atoms with Crippen LogP contribution in [-0.2, 0) is 24.3 Å². The summed E-state index contributed by atoms with van der Waals surface area (Å²) >= 11 is 0. The average molecular weight is 351 g/mol. The highest BCUT2D eigenvalue weighted by Crippen LogP contribution is 2.16. The van der Waals surface area contributed by atoms with Crippen molar-refractivity contribution in [2.24, 2.45) is 5.41 Å². The van der Waals surface area contributed by atoms with Crippen molar-refractivity contribution in [1.82, 2.24) is 19.6 Å². The third-order valence-electron chi connectivity index (χ3n) is 3.78. The molecule has 0 aliphatic rings. The normalized spacial score (nSPS) is 11.5. The number of nitrogens with zero attached hydrogens (tertiary/aromatic N) is 4. The molecule has 26 heavy (non-hydrogen) atoms. The second-order valence-electron chi connectivity index (χ2n) is 7.72.